The van der Waals surface area contributed by atoms with Crippen LogP contribution in [0, 0.1) is 0 Å². The molecule has 0 saturated carbocycles. The van der Waals surface area contributed by atoms with Gasteiger partial charge in [-0.25, -0.2) is 4.98 Å². The molecule has 0 saturated heterocycles. The number of hydrogen-bond donors (Lipinski definition) is 2. The first-order valence-electron chi connectivity index (χ1n) is 6.35. The Morgan fingerprint density at radius 2 is 1.95 bits per heavy atom. The lowest BCUT2D eigenvalue weighted by Crippen LogP contribution is -2.21. The van der Waals surface area contributed by atoms with E-state index < -0.39 is 0 Å². The zero-order valence-corrected chi connectivity index (χ0v) is 11.6. The quantitative estimate of drug-likeness (QED) is 0.844. The molecule has 6 heteroatoms. The predicted octanol–water partition coefficient (Wildman–Crippen LogP) is 1.60. The van der Waals surface area contributed by atoms with Gasteiger partial charge in [0, 0.05) is 0 Å². The number of aliphatic hydroxyl groups excluding tert-OH is 1. The number of nitrogens with one attached hydrogen (secondary N) is 1. The zero-order valence-electron chi connectivity index (χ0n) is 11.6. The van der Waals surface area contributed by atoms with Gasteiger partial charge < -0.3 is 19.9 Å². The van der Waals surface area contributed by atoms with E-state index in [2.05, 4.69) is 10.3 Å². The number of methoxy groups -OCH3 is 1. The van der Waals surface area contributed by atoms with Crippen molar-refractivity contribution in [3.8, 4) is 11.5 Å². The largest absolute Gasteiger partial charge is 0.493 e. The van der Waals surface area contributed by atoms with Crippen LogP contribution >= 0.6 is 0 Å². The lowest BCUT2D eigenvalue weighted by Gasteiger charge is -2.10. The highest BCUT2D eigenvalue weighted by Gasteiger charge is 2.08. The summed E-state index contributed by atoms with van der Waals surface area (Å²) in [6, 6.07) is 12.1. The van der Waals surface area contributed by atoms with E-state index in [9.17, 15) is 4.79 Å². The minimum atomic E-state index is -0.344. The third kappa shape index (κ3) is 4.19. The first kappa shape index (κ1) is 14.8. The van der Waals surface area contributed by atoms with Crippen molar-refractivity contribution in [2.75, 3.05) is 19.0 Å². The van der Waals surface area contributed by atoms with Crippen molar-refractivity contribution in [1.82, 2.24) is 4.98 Å². The first-order chi connectivity index (χ1) is 10.2. The molecule has 0 aliphatic rings. The number of carbonyl (C=O) groups is 1. The Bertz CT molecular complexity index is 616. The number of hydrogen-bond acceptors (Lipinski definition) is 5. The third-order valence-electron chi connectivity index (χ3n) is 2.66. The van der Waals surface area contributed by atoms with Gasteiger partial charge in [0.15, 0.2) is 18.1 Å². The molecule has 0 unspecified atom stereocenters. The molecule has 2 rings (SSSR count). The molecule has 110 valence electrons. The van der Waals surface area contributed by atoms with Gasteiger partial charge in [0.1, 0.15) is 5.82 Å². The van der Waals surface area contributed by atoms with Gasteiger partial charge in [0.25, 0.3) is 5.91 Å². The van der Waals surface area contributed by atoms with E-state index in [1.165, 1.54) is 7.11 Å². The van der Waals surface area contributed by atoms with Crippen molar-refractivity contribution in [1.29, 1.82) is 0 Å². The van der Waals surface area contributed by atoms with Crippen molar-refractivity contribution in [3.63, 3.8) is 0 Å². The predicted molar refractivity (Wildman–Crippen MR) is 77.3 cm³/mol. The number of amides is 1. The minimum Gasteiger partial charge on any atom is -0.493 e. The van der Waals surface area contributed by atoms with Crippen molar-refractivity contribution >= 4 is 11.7 Å². The number of benzene rings is 1. The van der Waals surface area contributed by atoms with E-state index in [0.29, 0.717) is 23.0 Å². The van der Waals surface area contributed by atoms with E-state index in [4.69, 9.17) is 14.6 Å². The molecule has 0 atom stereocenters. The number of para-hydroxylation sites is 2. The number of carbonyl (C=O) groups excluding carboxylic acids is 1. The van der Waals surface area contributed by atoms with Crippen LogP contribution in [0.15, 0.2) is 42.5 Å². The van der Waals surface area contributed by atoms with E-state index in [-0.39, 0.29) is 19.1 Å². The number of ether oxygens (including phenoxy) is 2. The molecule has 1 heterocycles. The highest BCUT2D eigenvalue weighted by Crippen LogP contribution is 2.25. The number of pyridine rings is 1. The van der Waals surface area contributed by atoms with Crippen LogP contribution in [0.3, 0.4) is 0 Å². The van der Waals surface area contributed by atoms with Crippen LogP contribution in [0.1, 0.15) is 5.69 Å². The van der Waals surface area contributed by atoms with E-state index in [1.54, 1.807) is 36.4 Å². The summed E-state index contributed by atoms with van der Waals surface area (Å²) in [6.07, 6.45) is 0. The van der Waals surface area contributed by atoms with Crippen LogP contribution in [0.4, 0.5) is 5.82 Å². The fourth-order valence-electron chi connectivity index (χ4n) is 1.70. The maximum atomic E-state index is 11.8. The van der Waals surface area contributed by atoms with Gasteiger partial charge in [-0.05, 0) is 24.3 Å². The summed E-state index contributed by atoms with van der Waals surface area (Å²) < 4.78 is 10.5. The summed E-state index contributed by atoms with van der Waals surface area (Å²) in [5.74, 6) is 1.08. The fraction of sp³-hybridized carbons (Fsp3) is 0.200. The van der Waals surface area contributed by atoms with Crippen LogP contribution < -0.4 is 14.8 Å². The second-order valence-electron chi connectivity index (χ2n) is 4.16. The number of aromatic nitrogens is 1. The molecule has 0 aliphatic carbocycles. The van der Waals surface area contributed by atoms with Crippen LogP contribution in [-0.4, -0.2) is 29.7 Å². The van der Waals surface area contributed by atoms with Crippen molar-refractivity contribution < 1.29 is 19.4 Å². The summed E-state index contributed by atoms with van der Waals surface area (Å²) >= 11 is 0. The Morgan fingerprint density at radius 3 is 2.67 bits per heavy atom. The summed E-state index contributed by atoms with van der Waals surface area (Å²) in [7, 11) is 1.53. The lowest BCUT2D eigenvalue weighted by molar-refractivity contribution is -0.118. The van der Waals surface area contributed by atoms with Crippen LogP contribution in [0.2, 0.25) is 0 Å². The first-order valence-corrected chi connectivity index (χ1v) is 6.35. The maximum Gasteiger partial charge on any atom is 0.263 e. The Morgan fingerprint density at radius 1 is 1.19 bits per heavy atom. The van der Waals surface area contributed by atoms with Gasteiger partial charge >= 0.3 is 0 Å². The summed E-state index contributed by atoms with van der Waals surface area (Å²) in [5.41, 5.74) is 0.485. The molecule has 2 aromatic rings. The Hall–Kier alpha value is -2.60. The molecule has 0 aliphatic heterocycles. The normalized spacial score (nSPS) is 10.0. The maximum absolute atomic E-state index is 11.8. The number of aliphatic hydroxyl groups is 1. The van der Waals surface area contributed by atoms with E-state index >= 15 is 0 Å². The molecule has 6 nitrogen and oxygen atoms in total. The fourth-order valence-corrected chi connectivity index (χ4v) is 1.70. The molecule has 1 aromatic carbocycles. The molecular formula is C15H16N2O4. The van der Waals surface area contributed by atoms with Crippen LogP contribution in [0.5, 0.6) is 11.5 Å². The van der Waals surface area contributed by atoms with E-state index in [1.807, 2.05) is 6.07 Å². The van der Waals surface area contributed by atoms with Crippen molar-refractivity contribution in [2.45, 2.75) is 6.61 Å². The van der Waals surface area contributed by atoms with Gasteiger partial charge in [-0.15, -0.1) is 0 Å². The summed E-state index contributed by atoms with van der Waals surface area (Å²) in [4.78, 5) is 15.9. The summed E-state index contributed by atoms with van der Waals surface area (Å²) in [5, 5.41) is 11.6. The van der Waals surface area contributed by atoms with E-state index in [0.717, 1.165) is 0 Å². The second-order valence-corrected chi connectivity index (χ2v) is 4.16. The standard InChI is InChI=1S/C15H16N2O4/c1-20-12-6-2-3-7-13(12)21-10-15(19)17-14-8-4-5-11(9-18)16-14/h2-8,18H,9-10H2,1H3,(H,16,17,19). The van der Waals surface area contributed by atoms with Gasteiger partial charge in [0.05, 0.1) is 19.4 Å². The topological polar surface area (TPSA) is 80.7 Å². The van der Waals surface area contributed by atoms with Gasteiger partial charge in [-0.1, -0.05) is 18.2 Å². The van der Waals surface area contributed by atoms with Gasteiger partial charge in [-0.2, -0.15) is 0 Å². The number of rotatable bonds is 6. The van der Waals surface area contributed by atoms with Crippen molar-refractivity contribution in [2.24, 2.45) is 0 Å². The van der Waals surface area contributed by atoms with Gasteiger partial charge in [-0.3, -0.25) is 4.79 Å². The molecule has 0 spiro atoms. The van der Waals surface area contributed by atoms with Crippen LogP contribution in [0.25, 0.3) is 0 Å². The SMILES string of the molecule is COc1ccccc1OCC(=O)Nc1cccc(CO)n1. The molecule has 1 amide bonds. The molecule has 2 N–H and O–H groups in total. The average molecular weight is 288 g/mol. The third-order valence-corrected chi connectivity index (χ3v) is 2.66. The van der Waals surface area contributed by atoms with Gasteiger partial charge in [0.2, 0.25) is 0 Å². The molecule has 0 radical (unpaired) electrons. The Balaban J connectivity index is 1.92. The number of anilines is 1. The molecule has 21 heavy (non-hydrogen) atoms. The average Bonchev–Trinajstić information content (AvgIpc) is 2.53. The Labute approximate surface area is 122 Å². The monoisotopic (exact) mass is 288 g/mol. The second kappa shape index (κ2) is 7.25. The highest BCUT2D eigenvalue weighted by molar-refractivity contribution is 5.90. The Kier molecular flexibility index (Phi) is 5.11. The molecule has 1 aromatic heterocycles. The van der Waals surface area contributed by atoms with Crippen molar-refractivity contribution in [3.05, 3.63) is 48.2 Å². The zero-order chi connectivity index (χ0) is 15.1. The number of nitrogens with zero attached hydrogens (tertiary/aromatic N) is 1. The smallest absolute Gasteiger partial charge is 0.263 e. The molecular weight excluding hydrogens is 272 g/mol. The highest BCUT2D eigenvalue weighted by atomic mass is 16.5. The molecule has 0 fully saturated rings. The molecule has 0 bridgehead atoms. The lowest BCUT2D eigenvalue weighted by atomic mass is 10.3. The minimum absolute atomic E-state index is 0.161. The van der Waals surface area contributed by atoms with Crippen LogP contribution in [-0.2, 0) is 11.4 Å². The summed E-state index contributed by atoms with van der Waals surface area (Å²) in [6.45, 7) is -0.340.